The quantitative estimate of drug-likeness (QED) is 0.219. The second-order valence-electron chi connectivity index (χ2n) is 11.3. The van der Waals surface area contributed by atoms with E-state index < -0.39 is 0 Å². The molecular weight excluding hydrogens is 509 g/mol. The van der Waals surface area contributed by atoms with Crippen molar-refractivity contribution in [2.24, 2.45) is 7.05 Å². The lowest BCUT2D eigenvalue weighted by Gasteiger charge is -2.32. The van der Waals surface area contributed by atoms with Gasteiger partial charge < -0.3 is 4.57 Å². The summed E-state index contributed by atoms with van der Waals surface area (Å²) in [7, 11) is 2.06. The van der Waals surface area contributed by atoms with Crippen molar-refractivity contribution in [3.63, 3.8) is 0 Å². The van der Waals surface area contributed by atoms with Crippen LogP contribution in [0.25, 0.3) is 33.2 Å². The highest BCUT2D eigenvalue weighted by Crippen LogP contribution is 2.34. The van der Waals surface area contributed by atoms with E-state index in [0.29, 0.717) is 12.5 Å². The summed E-state index contributed by atoms with van der Waals surface area (Å²) in [5.41, 5.74) is 9.09. The molecule has 0 atom stereocenters. The van der Waals surface area contributed by atoms with Gasteiger partial charge in [-0.15, -0.1) is 0 Å². The fourth-order valence-electron chi connectivity index (χ4n) is 6.56. The number of piperidine rings is 1. The fourth-order valence-corrected chi connectivity index (χ4v) is 6.56. The lowest BCUT2D eigenvalue weighted by Crippen LogP contribution is -2.33. The van der Waals surface area contributed by atoms with Crippen LogP contribution < -0.4 is 0 Å². The Labute approximate surface area is 239 Å². The zero-order valence-electron chi connectivity index (χ0n) is 23.6. The van der Waals surface area contributed by atoms with E-state index in [-0.39, 0.29) is 5.82 Å². The maximum absolute atomic E-state index is 14.0. The van der Waals surface area contributed by atoms with Gasteiger partial charge >= 0.3 is 0 Å². The van der Waals surface area contributed by atoms with Gasteiger partial charge in [0.2, 0.25) is 0 Å². The van der Waals surface area contributed by atoms with Gasteiger partial charge in [-0.1, -0.05) is 66.7 Å². The van der Waals surface area contributed by atoms with Crippen LogP contribution in [-0.4, -0.2) is 37.3 Å². The lowest BCUT2D eigenvalue weighted by atomic mass is 9.95. The molecule has 0 bridgehead atoms. The first kappa shape index (κ1) is 25.7. The summed E-state index contributed by atoms with van der Waals surface area (Å²) in [6.45, 7) is 5.69. The molecular formula is C35H34FN5. The molecule has 1 fully saturated rings. The van der Waals surface area contributed by atoms with Crippen LogP contribution in [0.3, 0.4) is 0 Å². The number of imidazole rings is 1. The topological polar surface area (TPSA) is 38.9 Å². The third-order valence-corrected chi connectivity index (χ3v) is 8.61. The first-order valence-electron chi connectivity index (χ1n) is 14.5. The molecule has 0 radical (unpaired) electrons. The number of para-hydroxylation sites is 3. The number of aromatic nitrogens is 4. The summed E-state index contributed by atoms with van der Waals surface area (Å²) < 4.78 is 18.3. The normalized spacial score (nSPS) is 14.8. The number of nitrogens with zero attached hydrogens (tertiary/aromatic N) is 5. The maximum atomic E-state index is 14.0. The minimum absolute atomic E-state index is 0.198. The van der Waals surface area contributed by atoms with Gasteiger partial charge in [-0.05, 0) is 73.8 Å². The Kier molecular flexibility index (Phi) is 6.63. The summed E-state index contributed by atoms with van der Waals surface area (Å²) >= 11 is 0. The molecule has 1 aliphatic heterocycles. The number of likely N-dealkylation sites (tertiary alicyclic amines) is 1. The van der Waals surface area contributed by atoms with Crippen LogP contribution in [0.4, 0.5) is 4.39 Å². The van der Waals surface area contributed by atoms with Gasteiger partial charge in [-0.3, -0.25) is 9.58 Å². The molecule has 0 saturated carbocycles. The number of benzene rings is 4. The van der Waals surface area contributed by atoms with Crippen molar-refractivity contribution in [2.75, 3.05) is 13.1 Å². The van der Waals surface area contributed by atoms with Gasteiger partial charge in [-0.2, -0.15) is 5.10 Å². The number of aryl methyl sites for hydroxylation is 2. The van der Waals surface area contributed by atoms with Crippen LogP contribution in [0.1, 0.15) is 41.3 Å². The summed E-state index contributed by atoms with van der Waals surface area (Å²) in [6, 6.07) is 30.3. The van der Waals surface area contributed by atoms with E-state index in [2.05, 4.69) is 84.1 Å². The Morgan fingerprint density at radius 2 is 1.63 bits per heavy atom. The molecule has 0 unspecified atom stereocenters. The summed E-state index contributed by atoms with van der Waals surface area (Å²) in [5.74, 6) is 1.29. The van der Waals surface area contributed by atoms with E-state index in [1.54, 1.807) is 12.1 Å². The van der Waals surface area contributed by atoms with Crippen molar-refractivity contribution in [3.05, 3.63) is 119 Å². The van der Waals surface area contributed by atoms with E-state index in [1.807, 2.05) is 16.8 Å². The van der Waals surface area contributed by atoms with E-state index in [0.717, 1.165) is 60.6 Å². The summed E-state index contributed by atoms with van der Waals surface area (Å²) in [5, 5.41) is 6.17. The number of rotatable bonds is 6. The highest BCUT2D eigenvalue weighted by molar-refractivity contribution is 5.95. The van der Waals surface area contributed by atoms with Crippen LogP contribution in [-0.2, 0) is 20.1 Å². The molecule has 5 nitrogen and oxygen atoms in total. The summed E-state index contributed by atoms with van der Waals surface area (Å²) in [6.07, 6.45) is 2.09. The van der Waals surface area contributed by atoms with Crippen molar-refractivity contribution < 1.29 is 4.39 Å². The van der Waals surface area contributed by atoms with Gasteiger partial charge in [0, 0.05) is 37.0 Å². The molecule has 1 aliphatic rings. The highest BCUT2D eigenvalue weighted by atomic mass is 19.1. The van der Waals surface area contributed by atoms with Gasteiger partial charge in [0.15, 0.2) is 0 Å². The largest absolute Gasteiger partial charge is 0.323 e. The Morgan fingerprint density at radius 1 is 0.854 bits per heavy atom. The van der Waals surface area contributed by atoms with Crippen LogP contribution in [0, 0.1) is 12.7 Å². The number of halogens is 1. The standard InChI is InChI=1S/C35H34FN5/c1-24-9-3-4-13-29(24)33-30-14-8-11-27(34(30)39(2)38-33)23-40-19-17-26(18-20-40)35-37-31-15-5-6-16-32(31)41(35)22-25-10-7-12-28(36)21-25/h3-16,21,26H,17-20,22-23H2,1-2H3. The van der Waals surface area contributed by atoms with Crippen LogP contribution in [0.5, 0.6) is 0 Å². The van der Waals surface area contributed by atoms with Crippen molar-refractivity contribution in [3.8, 4) is 11.3 Å². The second-order valence-corrected chi connectivity index (χ2v) is 11.3. The second kappa shape index (κ2) is 10.6. The molecule has 0 aliphatic carbocycles. The zero-order valence-corrected chi connectivity index (χ0v) is 23.6. The van der Waals surface area contributed by atoms with Gasteiger partial charge in [0.1, 0.15) is 17.3 Å². The molecule has 0 N–H and O–H groups in total. The molecule has 0 amide bonds. The van der Waals surface area contributed by atoms with Gasteiger partial charge in [-0.25, -0.2) is 9.37 Å². The maximum Gasteiger partial charge on any atom is 0.123 e. The lowest BCUT2D eigenvalue weighted by molar-refractivity contribution is 0.201. The van der Waals surface area contributed by atoms with Crippen molar-refractivity contribution in [2.45, 2.75) is 38.8 Å². The predicted octanol–water partition coefficient (Wildman–Crippen LogP) is 7.47. The Bertz CT molecular complexity index is 1860. The zero-order chi connectivity index (χ0) is 27.9. The number of fused-ring (bicyclic) bond motifs is 2. The van der Waals surface area contributed by atoms with Crippen molar-refractivity contribution in [1.82, 2.24) is 24.2 Å². The van der Waals surface area contributed by atoms with Crippen LogP contribution in [0.15, 0.2) is 91.0 Å². The first-order valence-corrected chi connectivity index (χ1v) is 14.5. The molecule has 6 aromatic rings. The highest BCUT2D eigenvalue weighted by Gasteiger charge is 2.26. The minimum atomic E-state index is -0.198. The van der Waals surface area contributed by atoms with Crippen molar-refractivity contribution >= 4 is 21.9 Å². The SMILES string of the molecule is Cc1ccccc1-c1nn(C)c2c(CN3CCC(c4nc5ccccc5n4Cc4cccc(F)c4)CC3)cccc12. The first-order chi connectivity index (χ1) is 20.0. The Hall–Kier alpha value is -4.29. The average Bonchev–Trinajstić information content (AvgIpc) is 3.52. The van der Waals surface area contributed by atoms with E-state index in [1.165, 1.54) is 33.7 Å². The monoisotopic (exact) mass is 543 g/mol. The Morgan fingerprint density at radius 3 is 2.46 bits per heavy atom. The fraction of sp³-hybridized carbons (Fsp3) is 0.257. The molecule has 2 aromatic heterocycles. The smallest absolute Gasteiger partial charge is 0.123 e. The molecule has 4 aromatic carbocycles. The van der Waals surface area contributed by atoms with E-state index in [4.69, 9.17) is 10.1 Å². The molecule has 206 valence electrons. The van der Waals surface area contributed by atoms with Gasteiger partial charge in [0.25, 0.3) is 0 Å². The molecule has 41 heavy (non-hydrogen) atoms. The van der Waals surface area contributed by atoms with E-state index in [9.17, 15) is 4.39 Å². The number of hydrogen-bond donors (Lipinski definition) is 0. The van der Waals surface area contributed by atoms with Crippen LogP contribution >= 0.6 is 0 Å². The minimum Gasteiger partial charge on any atom is -0.323 e. The molecule has 0 spiro atoms. The van der Waals surface area contributed by atoms with E-state index >= 15 is 0 Å². The third-order valence-electron chi connectivity index (χ3n) is 8.61. The van der Waals surface area contributed by atoms with Gasteiger partial charge in [0.05, 0.1) is 16.6 Å². The Balaban J connectivity index is 1.13. The number of hydrogen-bond acceptors (Lipinski definition) is 3. The third kappa shape index (κ3) is 4.82. The molecule has 1 saturated heterocycles. The molecule has 6 heteroatoms. The predicted molar refractivity (Wildman–Crippen MR) is 163 cm³/mol. The van der Waals surface area contributed by atoms with Crippen LogP contribution in [0.2, 0.25) is 0 Å². The average molecular weight is 544 g/mol. The molecule has 7 rings (SSSR count). The molecule has 3 heterocycles. The summed E-state index contributed by atoms with van der Waals surface area (Å²) in [4.78, 5) is 7.66. The van der Waals surface area contributed by atoms with Crippen molar-refractivity contribution in [1.29, 1.82) is 0 Å².